The number of esters is 1. The Morgan fingerprint density at radius 3 is 2.85 bits per heavy atom. The van der Waals surface area contributed by atoms with E-state index < -0.39 is 0 Å². The Labute approximate surface area is 123 Å². The Kier molecular flexibility index (Phi) is 5.06. The zero-order valence-corrected chi connectivity index (χ0v) is 12.6. The number of benzene rings is 1. The van der Waals surface area contributed by atoms with Crippen LogP contribution >= 0.6 is 11.8 Å². The number of likely N-dealkylation sites (tertiary alicyclic amines) is 1. The molecule has 0 radical (unpaired) electrons. The number of hydrogen-bond acceptors (Lipinski definition) is 4. The van der Waals surface area contributed by atoms with Crippen LogP contribution < -0.4 is 0 Å². The van der Waals surface area contributed by atoms with Crippen LogP contribution in [0.1, 0.15) is 22.3 Å². The van der Waals surface area contributed by atoms with E-state index in [1.165, 1.54) is 7.11 Å². The number of nitrogens with zero attached hydrogens (tertiary/aromatic N) is 1. The lowest BCUT2D eigenvalue weighted by Crippen LogP contribution is -2.29. The first kappa shape index (κ1) is 14.9. The normalized spacial score (nSPS) is 18.1. The standard InChI is InChI=1S/C15H19NO3S/c1-11-5-3-4-6-13(11)15(18)16-8-7-12(9-16)20-10-14(17)19-2/h3-6,12H,7-10H2,1-2H3/t12-/m0/s1. The minimum Gasteiger partial charge on any atom is -0.468 e. The molecule has 0 bridgehead atoms. The summed E-state index contributed by atoms with van der Waals surface area (Å²) in [5.74, 6) is 0.232. The van der Waals surface area contributed by atoms with Gasteiger partial charge in [0, 0.05) is 23.9 Å². The van der Waals surface area contributed by atoms with Gasteiger partial charge >= 0.3 is 5.97 Å². The Hall–Kier alpha value is -1.49. The topological polar surface area (TPSA) is 46.6 Å². The van der Waals surface area contributed by atoms with E-state index in [2.05, 4.69) is 4.74 Å². The van der Waals surface area contributed by atoms with Gasteiger partial charge < -0.3 is 9.64 Å². The number of carbonyl (C=O) groups excluding carboxylic acids is 2. The second-order valence-electron chi connectivity index (χ2n) is 4.86. The maximum atomic E-state index is 12.4. The van der Waals surface area contributed by atoms with Crippen LogP contribution in [-0.4, -0.2) is 48.0 Å². The van der Waals surface area contributed by atoms with Gasteiger partial charge in [0.25, 0.3) is 5.91 Å². The highest BCUT2D eigenvalue weighted by Crippen LogP contribution is 2.24. The number of amides is 1. The van der Waals surface area contributed by atoms with E-state index in [1.54, 1.807) is 11.8 Å². The van der Waals surface area contributed by atoms with Gasteiger partial charge in [-0.05, 0) is 25.0 Å². The van der Waals surface area contributed by atoms with Crippen molar-refractivity contribution in [3.05, 3.63) is 35.4 Å². The molecule has 0 saturated carbocycles. The second-order valence-corrected chi connectivity index (χ2v) is 6.15. The van der Waals surface area contributed by atoms with Gasteiger partial charge in [-0.3, -0.25) is 9.59 Å². The Balaban J connectivity index is 1.91. The summed E-state index contributed by atoms with van der Waals surface area (Å²) < 4.78 is 4.63. The van der Waals surface area contributed by atoms with E-state index in [9.17, 15) is 9.59 Å². The largest absolute Gasteiger partial charge is 0.468 e. The molecule has 1 aliphatic rings. The van der Waals surface area contributed by atoms with E-state index in [1.807, 2.05) is 36.1 Å². The molecular weight excluding hydrogens is 274 g/mol. The summed E-state index contributed by atoms with van der Waals surface area (Å²) in [7, 11) is 1.39. The summed E-state index contributed by atoms with van der Waals surface area (Å²) in [6.07, 6.45) is 0.930. The van der Waals surface area contributed by atoms with Crippen molar-refractivity contribution in [1.29, 1.82) is 0 Å². The van der Waals surface area contributed by atoms with Crippen molar-refractivity contribution in [2.45, 2.75) is 18.6 Å². The molecule has 4 nitrogen and oxygen atoms in total. The first-order valence-electron chi connectivity index (χ1n) is 6.65. The van der Waals surface area contributed by atoms with E-state index >= 15 is 0 Å². The lowest BCUT2D eigenvalue weighted by molar-refractivity contribution is -0.137. The molecule has 108 valence electrons. The van der Waals surface area contributed by atoms with Crippen LogP contribution in [0.15, 0.2) is 24.3 Å². The summed E-state index contributed by atoms with van der Waals surface area (Å²) in [6.45, 7) is 3.41. The van der Waals surface area contributed by atoms with Crippen molar-refractivity contribution >= 4 is 23.6 Å². The zero-order chi connectivity index (χ0) is 14.5. The average molecular weight is 293 g/mol. The van der Waals surface area contributed by atoms with Gasteiger partial charge in [-0.15, -0.1) is 11.8 Å². The molecule has 20 heavy (non-hydrogen) atoms. The van der Waals surface area contributed by atoms with E-state index in [4.69, 9.17) is 0 Å². The van der Waals surface area contributed by atoms with E-state index in [0.29, 0.717) is 17.5 Å². The van der Waals surface area contributed by atoms with Crippen LogP contribution in [0.3, 0.4) is 0 Å². The molecule has 0 spiro atoms. The lowest BCUT2D eigenvalue weighted by atomic mass is 10.1. The summed E-state index contributed by atoms with van der Waals surface area (Å²) in [4.78, 5) is 25.4. The van der Waals surface area contributed by atoms with Gasteiger partial charge in [0.15, 0.2) is 0 Å². The maximum Gasteiger partial charge on any atom is 0.315 e. The van der Waals surface area contributed by atoms with Gasteiger partial charge in [0.1, 0.15) is 0 Å². The first-order chi connectivity index (χ1) is 9.61. The zero-order valence-electron chi connectivity index (χ0n) is 11.8. The van der Waals surface area contributed by atoms with Crippen molar-refractivity contribution in [1.82, 2.24) is 4.90 Å². The Bertz CT molecular complexity index is 504. The molecule has 2 rings (SSSR count). The number of methoxy groups -OCH3 is 1. The summed E-state index contributed by atoms with van der Waals surface area (Å²) in [6, 6.07) is 7.64. The van der Waals surface area contributed by atoms with Crippen LogP contribution in [0.4, 0.5) is 0 Å². The SMILES string of the molecule is COC(=O)CS[C@H]1CCN(C(=O)c2ccccc2C)C1. The smallest absolute Gasteiger partial charge is 0.315 e. The molecule has 1 saturated heterocycles. The minimum atomic E-state index is -0.210. The van der Waals surface area contributed by atoms with Crippen molar-refractivity contribution in [2.75, 3.05) is 26.0 Å². The lowest BCUT2D eigenvalue weighted by Gasteiger charge is -2.17. The molecule has 1 atom stereocenters. The molecule has 5 heteroatoms. The fourth-order valence-electron chi connectivity index (χ4n) is 2.28. The third-order valence-corrected chi connectivity index (χ3v) is 4.73. The molecule has 0 aliphatic carbocycles. The molecular formula is C15H19NO3S. The highest BCUT2D eigenvalue weighted by Gasteiger charge is 2.28. The number of thioether (sulfide) groups is 1. The number of aryl methyl sites for hydroxylation is 1. The molecule has 1 fully saturated rings. The van der Waals surface area contributed by atoms with E-state index in [-0.39, 0.29) is 11.9 Å². The highest BCUT2D eigenvalue weighted by atomic mass is 32.2. The first-order valence-corrected chi connectivity index (χ1v) is 7.70. The van der Waals surface area contributed by atoms with Crippen LogP contribution in [0.2, 0.25) is 0 Å². The fraction of sp³-hybridized carbons (Fsp3) is 0.467. The predicted molar refractivity (Wildman–Crippen MR) is 80.0 cm³/mol. The van der Waals surface area contributed by atoms with Crippen LogP contribution in [0.5, 0.6) is 0 Å². The average Bonchev–Trinajstić information content (AvgIpc) is 2.93. The van der Waals surface area contributed by atoms with Gasteiger partial charge in [0.05, 0.1) is 12.9 Å². The Morgan fingerprint density at radius 2 is 2.15 bits per heavy atom. The summed E-state index contributed by atoms with van der Waals surface area (Å²) >= 11 is 1.57. The maximum absolute atomic E-state index is 12.4. The van der Waals surface area contributed by atoms with Crippen molar-refractivity contribution in [2.24, 2.45) is 0 Å². The number of rotatable bonds is 4. The molecule has 0 unspecified atom stereocenters. The molecule has 0 N–H and O–H groups in total. The molecule has 1 aromatic carbocycles. The molecule has 1 aliphatic heterocycles. The third kappa shape index (κ3) is 3.54. The van der Waals surface area contributed by atoms with E-state index in [0.717, 1.165) is 24.1 Å². The molecule has 1 aromatic rings. The molecule has 1 heterocycles. The van der Waals surface area contributed by atoms with Gasteiger partial charge in [-0.2, -0.15) is 0 Å². The van der Waals surface area contributed by atoms with Crippen LogP contribution in [-0.2, 0) is 9.53 Å². The van der Waals surface area contributed by atoms with Crippen molar-refractivity contribution in [3.8, 4) is 0 Å². The third-order valence-electron chi connectivity index (χ3n) is 3.47. The second kappa shape index (κ2) is 6.79. The number of carbonyl (C=O) groups is 2. The van der Waals surface area contributed by atoms with Gasteiger partial charge in [0.2, 0.25) is 0 Å². The number of ether oxygens (including phenoxy) is 1. The quantitative estimate of drug-likeness (QED) is 0.798. The van der Waals surface area contributed by atoms with Crippen molar-refractivity contribution in [3.63, 3.8) is 0 Å². The minimum absolute atomic E-state index is 0.0873. The summed E-state index contributed by atoms with van der Waals surface area (Å²) in [5.41, 5.74) is 1.77. The fourth-order valence-corrected chi connectivity index (χ4v) is 3.32. The highest BCUT2D eigenvalue weighted by molar-refractivity contribution is 8.00. The molecule has 0 aromatic heterocycles. The van der Waals surface area contributed by atoms with Crippen molar-refractivity contribution < 1.29 is 14.3 Å². The van der Waals surface area contributed by atoms with Crippen LogP contribution in [0.25, 0.3) is 0 Å². The summed E-state index contributed by atoms with van der Waals surface area (Å²) in [5, 5.41) is 0.321. The van der Waals surface area contributed by atoms with Gasteiger partial charge in [-0.25, -0.2) is 0 Å². The molecule has 1 amide bonds. The Morgan fingerprint density at radius 1 is 1.40 bits per heavy atom. The predicted octanol–water partition coefficient (Wildman–Crippen LogP) is 2.12. The van der Waals surface area contributed by atoms with Gasteiger partial charge in [-0.1, -0.05) is 18.2 Å². The number of hydrogen-bond donors (Lipinski definition) is 0. The van der Waals surface area contributed by atoms with Crippen LogP contribution in [0, 0.1) is 6.92 Å². The monoisotopic (exact) mass is 293 g/mol.